The molecule has 5 nitrogen and oxygen atoms in total. The minimum absolute atomic E-state index is 0.188. The van der Waals surface area contributed by atoms with Crippen LogP contribution in [0.2, 0.25) is 0 Å². The van der Waals surface area contributed by atoms with Gasteiger partial charge in [-0.15, -0.1) is 0 Å². The first-order valence-electron chi connectivity index (χ1n) is 3.46. The first kappa shape index (κ1) is 14.1. The molecule has 0 aromatic rings. The summed E-state index contributed by atoms with van der Waals surface area (Å²) in [5.74, 6) is 0. The second-order valence-electron chi connectivity index (χ2n) is 1.53. The van der Waals surface area contributed by atoms with Crippen LogP contribution in [0.5, 0.6) is 0 Å². The topological polar surface area (TPSA) is 79.5 Å². The minimum Gasteiger partial charge on any atom is -0.302 e. The largest absolute Gasteiger partial charge is 0.472 e. The molecule has 0 fully saturated rings. The molecule has 0 aliphatic carbocycles. The van der Waals surface area contributed by atoms with Gasteiger partial charge in [-0.05, 0) is 13.8 Å². The monoisotopic (exact) mass is 195 g/mol. The van der Waals surface area contributed by atoms with Crippen LogP contribution in [-0.4, -0.2) is 18.1 Å². The van der Waals surface area contributed by atoms with Gasteiger partial charge in [0, 0.05) is 6.92 Å². The maximum atomic E-state index is 10.5. The van der Waals surface area contributed by atoms with Gasteiger partial charge in [-0.3, -0.25) is 9.05 Å². The molecule has 0 bridgehead atoms. The lowest BCUT2D eigenvalue weighted by Crippen LogP contribution is -1.93. The number of hydrogen-bond acceptors (Lipinski definition) is 4. The van der Waals surface area contributed by atoms with Crippen molar-refractivity contribution in [1.29, 1.82) is 5.26 Å². The Bertz CT molecular complexity index is 167. The van der Waals surface area contributed by atoms with Crippen molar-refractivity contribution in [2.45, 2.75) is 20.8 Å². The molecule has 0 saturated carbocycles. The second kappa shape index (κ2) is 8.69. The van der Waals surface area contributed by atoms with E-state index < -0.39 is 7.82 Å². The third kappa shape index (κ3) is 12.3. The van der Waals surface area contributed by atoms with Crippen LogP contribution in [0.3, 0.4) is 0 Å². The van der Waals surface area contributed by atoms with E-state index >= 15 is 0 Å². The molecule has 0 aromatic heterocycles. The molecule has 12 heavy (non-hydrogen) atoms. The van der Waals surface area contributed by atoms with Crippen LogP contribution >= 0.6 is 7.82 Å². The van der Waals surface area contributed by atoms with E-state index in [1.54, 1.807) is 19.9 Å². The van der Waals surface area contributed by atoms with Crippen molar-refractivity contribution in [1.82, 2.24) is 0 Å². The summed E-state index contributed by atoms with van der Waals surface area (Å²) in [6.07, 6.45) is 0. The highest BCUT2D eigenvalue weighted by molar-refractivity contribution is 7.47. The molecule has 0 unspecified atom stereocenters. The molecule has 0 spiro atoms. The molecular weight excluding hydrogens is 181 g/mol. The zero-order valence-corrected chi connectivity index (χ0v) is 8.38. The summed E-state index contributed by atoms with van der Waals surface area (Å²) in [5, 5.41) is 7.32. The summed E-state index contributed by atoms with van der Waals surface area (Å²) >= 11 is 0. The third-order valence-electron chi connectivity index (χ3n) is 0.584. The molecule has 6 heteroatoms. The van der Waals surface area contributed by atoms with Crippen molar-refractivity contribution in [3.05, 3.63) is 0 Å². The lowest BCUT2D eigenvalue weighted by atomic mass is 10.9. The quantitative estimate of drug-likeness (QED) is 0.690. The number of phosphoric ester groups is 1. The van der Waals surface area contributed by atoms with Crippen molar-refractivity contribution < 1.29 is 18.5 Å². The highest BCUT2D eigenvalue weighted by Gasteiger charge is 2.17. The van der Waals surface area contributed by atoms with Gasteiger partial charge in [-0.1, -0.05) is 0 Å². The lowest BCUT2D eigenvalue weighted by molar-refractivity contribution is 0.161. The van der Waals surface area contributed by atoms with E-state index in [1.807, 2.05) is 0 Å². The molecule has 0 aromatic carbocycles. The molecule has 0 atom stereocenters. The number of nitrogens with zero attached hydrogens (tertiary/aromatic N) is 1. The van der Waals surface area contributed by atoms with Gasteiger partial charge >= 0.3 is 7.82 Å². The molecule has 0 aliphatic rings. The van der Waals surface area contributed by atoms with Gasteiger partial charge in [0.15, 0.2) is 0 Å². The predicted octanol–water partition coefficient (Wildman–Crippen LogP) is 1.69. The number of phosphoric acid groups is 1. The van der Waals surface area contributed by atoms with E-state index in [0.717, 1.165) is 0 Å². The van der Waals surface area contributed by atoms with Gasteiger partial charge in [0.25, 0.3) is 0 Å². The molecule has 0 heterocycles. The Hall–Kier alpha value is -0.400. The van der Waals surface area contributed by atoms with Crippen LogP contribution in [-0.2, 0) is 13.6 Å². The molecule has 0 rings (SSSR count). The van der Waals surface area contributed by atoms with E-state index in [9.17, 15) is 4.57 Å². The number of nitriles is 1. The zero-order valence-electron chi connectivity index (χ0n) is 7.48. The van der Waals surface area contributed by atoms with Crippen molar-refractivity contribution in [3.63, 3.8) is 0 Å². The van der Waals surface area contributed by atoms with E-state index in [2.05, 4.69) is 9.05 Å². The Balaban J connectivity index is 0. The number of hydrogen-bond donors (Lipinski definition) is 1. The van der Waals surface area contributed by atoms with Crippen LogP contribution in [0.15, 0.2) is 0 Å². The van der Waals surface area contributed by atoms with Gasteiger partial charge in [0.2, 0.25) is 0 Å². The Kier molecular flexibility index (Phi) is 10.2. The zero-order chi connectivity index (χ0) is 10.0. The Morgan fingerprint density at radius 2 is 1.67 bits per heavy atom. The Labute approximate surface area is 72.5 Å². The Morgan fingerprint density at radius 3 is 1.83 bits per heavy atom. The summed E-state index contributed by atoms with van der Waals surface area (Å²) in [6, 6.07) is 1.75. The molecule has 72 valence electrons. The summed E-state index contributed by atoms with van der Waals surface area (Å²) in [4.78, 5) is 8.63. The second-order valence-corrected chi connectivity index (χ2v) is 2.98. The van der Waals surface area contributed by atoms with Gasteiger partial charge in [0.1, 0.15) is 0 Å². The average molecular weight is 195 g/mol. The normalized spacial score (nSPS) is 9.58. The van der Waals surface area contributed by atoms with E-state index in [4.69, 9.17) is 10.2 Å². The van der Waals surface area contributed by atoms with Crippen molar-refractivity contribution >= 4 is 7.82 Å². The van der Waals surface area contributed by atoms with Crippen LogP contribution in [0, 0.1) is 11.3 Å². The standard InChI is InChI=1S/C4H11O4P.C2H3N/c1-3-7-9(5,6)8-4-2;1-2-3/h3-4H2,1-2H3,(H,5,6);1H3. The van der Waals surface area contributed by atoms with E-state index in [0.29, 0.717) is 0 Å². The molecule has 1 N–H and O–H groups in total. The highest BCUT2D eigenvalue weighted by atomic mass is 31.2. The van der Waals surface area contributed by atoms with Crippen LogP contribution in [0.4, 0.5) is 0 Å². The van der Waals surface area contributed by atoms with Gasteiger partial charge in [-0.2, -0.15) is 5.26 Å². The van der Waals surface area contributed by atoms with Crippen molar-refractivity contribution in [2.75, 3.05) is 13.2 Å². The smallest absolute Gasteiger partial charge is 0.302 e. The summed E-state index contributed by atoms with van der Waals surface area (Å²) in [6.45, 7) is 5.06. The van der Waals surface area contributed by atoms with Crippen LogP contribution < -0.4 is 0 Å². The Morgan fingerprint density at radius 1 is 1.42 bits per heavy atom. The minimum atomic E-state index is -3.69. The molecule has 0 radical (unpaired) electrons. The fourth-order valence-corrected chi connectivity index (χ4v) is 1.09. The SMILES string of the molecule is CC#N.CCOP(=O)(O)OCC. The van der Waals surface area contributed by atoms with Crippen molar-refractivity contribution in [2.24, 2.45) is 0 Å². The molecule has 0 saturated heterocycles. The summed E-state index contributed by atoms with van der Waals surface area (Å²) < 4.78 is 19.2. The average Bonchev–Trinajstić information content (AvgIpc) is 1.88. The molecular formula is C6H14NO4P. The summed E-state index contributed by atoms with van der Waals surface area (Å²) in [5.41, 5.74) is 0. The van der Waals surface area contributed by atoms with E-state index in [-0.39, 0.29) is 13.2 Å². The van der Waals surface area contributed by atoms with Gasteiger partial charge < -0.3 is 4.89 Å². The van der Waals surface area contributed by atoms with Crippen LogP contribution in [0.1, 0.15) is 20.8 Å². The third-order valence-corrected chi connectivity index (χ3v) is 1.75. The van der Waals surface area contributed by atoms with Crippen molar-refractivity contribution in [3.8, 4) is 6.07 Å². The fourth-order valence-electron chi connectivity index (χ4n) is 0.364. The maximum Gasteiger partial charge on any atom is 0.472 e. The highest BCUT2D eigenvalue weighted by Crippen LogP contribution is 2.42. The predicted molar refractivity (Wildman–Crippen MR) is 44.4 cm³/mol. The summed E-state index contributed by atoms with van der Waals surface area (Å²) in [7, 11) is -3.69. The molecule has 0 amide bonds. The molecule has 0 aliphatic heterocycles. The first-order chi connectivity index (χ1) is 5.54. The maximum absolute atomic E-state index is 10.5. The fraction of sp³-hybridized carbons (Fsp3) is 0.833. The van der Waals surface area contributed by atoms with E-state index in [1.165, 1.54) is 6.92 Å². The van der Waals surface area contributed by atoms with Crippen LogP contribution in [0.25, 0.3) is 0 Å². The first-order valence-corrected chi connectivity index (χ1v) is 4.96. The lowest BCUT2D eigenvalue weighted by Gasteiger charge is -2.07. The van der Waals surface area contributed by atoms with Gasteiger partial charge in [-0.25, -0.2) is 4.57 Å². The number of rotatable bonds is 4. The van der Waals surface area contributed by atoms with Gasteiger partial charge in [0.05, 0.1) is 19.3 Å².